The lowest BCUT2D eigenvalue weighted by Gasteiger charge is -2.39. The van der Waals surface area contributed by atoms with Crippen LogP contribution in [0.15, 0.2) is 78.8 Å². The zero-order valence-corrected chi connectivity index (χ0v) is 54.6. The molecular formula is C64H99N13O12S. The fourth-order valence-corrected chi connectivity index (χ4v) is 12.0. The van der Waals surface area contributed by atoms with Gasteiger partial charge in [0.15, 0.2) is 0 Å². The van der Waals surface area contributed by atoms with E-state index >= 15 is 0 Å². The average Bonchev–Trinajstić information content (AvgIpc) is 1.60. The summed E-state index contributed by atoms with van der Waals surface area (Å²) in [6, 6.07) is 15.2. The van der Waals surface area contributed by atoms with Gasteiger partial charge in [-0.1, -0.05) is 52.8 Å². The summed E-state index contributed by atoms with van der Waals surface area (Å²) in [5.41, 5.74) is 10.0. The molecule has 6 amide bonds. The summed E-state index contributed by atoms with van der Waals surface area (Å²) in [6.45, 7) is 19.6. The number of unbranched alkanes of at least 4 members (excludes halogenated alkanes) is 1. The highest BCUT2D eigenvalue weighted by Crippen LogP contribution is 2.34. The molecule has 1 aromatic heterocycles. The summed E-state index contributed by atoms with van der Waals surface area (Å²) in [5.74, 6) is 8.95. The molecule has 0 bridgehead atoms. The molecular weight excluding hydrogens is 1170 g/mol. The van der Waals surface area contributed by atoms with E-state index in [2.05, 4.69) is 76.5 Å². The number of hydrazine groups is 1. The van der Waals surface area contributed by atoms with Crippen LogP contribution >= 0.6 is 11.8 Å². The number of rotatable bonds is 41. The Morgan fingerprint density at radius 1 is 0.800 bits per heavy atom. The van der Waals surface area contributed by atoms with Gasteiger partial charge >= 0.3 is 6.03 Å². The number of aromatic nitrogens is 2. The first-order valence-corrected chi connectivity index (χ1v) is 32.3. The summed E-state index contributed by atoms with van der Waals surface area (Å²) in [5, 5.41) is 23.3. The van der Waals surface area contributed by atoms with Crippen molar-refractivity contribution in [2.75, 3.05) is 128 Å². The Morgan fingerprint density at radius 3 is 2.14 bits per heavy atom. The Bertz CT molecular complexity index is 2810. The number of nitrogens with one attached hydrogen (secondary N) is 7. The summed E-state index contributed by atoms with van der Waals surface area (Å²) >= 11 is 1.89. The number of hydrogen-bond donors (Lipinski definition) is 9. The van der Waals surface area contributed by atoms with Crippen LogP contribution in [0.3, 0.4) is 0 Å². The lowest BCUT2D eigenvalue weighted by atomic mass is 9.92. The van der Waals surface area contributed by atoms with Gasteiger partial charge in [0.25, 0.3) is 0 Å². The number of urea groups is 1. The van der Waals surface area contributed by atoms with Gasteiger partial charge in [-0.3, -0.25) is 19.2 Å². The van der Waals surface area contributed by atoms with Crippen LogP contribution in [0, 0.1) is 17.8 Å². The largest absolute Gasteiger partial charge is 0.493 e. The van der Waals surface area contributed by atoms with Crippen molar-refractivity contribution < 1.29 is 57.1 Å². The number of ether oxygens (including phenoxy) is 7. The van der Waals surface area contributed by atoms with Crippen LogP contribution in [-0.2, 0) is 47.6 Å². The number of thioether (sulfide) groups is 1. The van der Waals surface area contributed by atoms with Gasteiger partial charge in [-0.2, -0.15) is 16.7 Å². The number of benzene rings is 2. The Hall–Kier alpha value is -6.78. The van der Waals surface area contributed by atoms with Crippen LogP contribution in [0.4, 0.5) is 33.6 Å². The molecule has 0 unspecified atom stereocenters. The van der Waals surface area contributed by atoms with Crippen molar-refractivity contribution in [2.24, 2.45) is 22.4 Å². The minimum atomic E-state index is -0.670. The van der Waals surface area contributed by atoms with Gasteiger partial charge in [-0.05, 0) is 75.4 Å². The smallest absolute Gasteiger partial charge is 0.315 e. The maximum absolute atomic E-state index is 13.7. The van der Waals surface area contributed by atoms with Crippen molar-refractivity contribution in [3.8, 4) is 5.75 Å². The summed E-state index contributed by atoms with van der Waals surface area (Å²) in [4.78, 5) is 72.9. The molecule has 0 aliphatic carbocycles. The summed E-state index contributed by atoms with van der Waals surface area (Å²) < 4.78 is 41.3. The minimum Gasteiger partial charge on any atom is -0.493 e. The molecule has 5 atom stereocenters. The molecule has 2 aromatic carbocycles. The number of anilines is 5. The third-order valence-electron chi connectivity index (χ3n) is 15.3. The maximum atomic E-state index is 13.7. The van der Waals surface area contributed by atoms with Gasteiger partial charge < -0.3 is 86.0 Å². The zero-order chi connectivity index (χ0) is 64.9. The molecule has 11 N–H and O–H groups in total. The van der Waals surface area contributed by atoms with Crippen molar-refractivity contribution in [1.82, 2.24) is 41.1 Å². The molecule has 26 heteroatoms. The van der Waals surface area contributed by atoms with E-state index in [1.165, 1.54) is 6.08 Å². The first kappa shape index (κ1) is 72.3. The molecule has 0 spiro atoms. The maximum Gasteiger partial charge on any atom is 0.315 e. The topological polar surface area (TPSA) is 318 Å². The quantitative estimate of drug-likeness (QED) is 0.00974. The van der Waals surface area contributed by atoms with Crippen LogP contribution in [-0.4, -0.2) is 191 Å². The molecule has 25 nitrogen and oxygen atoms in total. The SMILES string of the molecule is C=CC(=O)Nc1cccc(Nc2nc(Nc3cccc(OCC(C)(C)COCC(C)(C)CN(N)C4=C(N)[C@H](OC)[C@@H](OC)CN(C(=O)CCCC(=O)NCCCOCCOCCOCCCNC(=O)CCCC[C@@H]5SC[C@@H]6NC(=O)N[C@@H]65)CC4)c3)ncc2C)c1. The van der Waals surface area contributed by atoms with E-state index in [0.717, 1.165) is 48.4 Å². The molecule has 0 saturated carbocycles. The van der Waals surface area contributed by atoms with Gasteiger partial charge in [0.05, 0.1) is 69.7 Å². The van der Waals surface area contributed by atoms with E-state index in [-0.39, 0.29) is 66.5 Å². The molecule has 498 valence electrons. The first-order valence-electron chi connectivity index (χ1n) is 31.3. The van der Waals surface area contributed by atoms with E-state index < -0.39 is 17.6 Å². The minimum absolute atomic E-state index is 0.0541. The Labute approximate surface area is 535 Å². The molecule has 4 heterocycles. The molecule has 3 aliphatic rings. The Morgan fingerprint density at radius 2 is 1.46 bits per heavy atom. The van der Waals surface area contributed by atoms with Crippen LogP contribution in [0.5, 0.6) is 5.75 Å². The number of aryl methyl sites for hydroxylation is 1. The van der Waals surface area contributed by atoms with E-state index in [9.17, 15) is 24.0 Å². The third-order valence-corrected chi connectivity index (χ3v) is 16.8. The number of carbonyl (C=O) groups is 5. The molecule has 2 saturated heterocycles. The van der Waals surface area contributed by atoms with E-state index in [1.807, 2.05) is 55.1 Å². The van der Waals surface area contributed by atoms with Gasteiger partial charge in [0.1, 0.15) is 23.8 Å². The fraction of sp³-hybridized carbons (Fsp3) is 0.609. The number of methoxy groups -OCH3 is 2. The first-order chi connectivity index (χ1) is 43.2. The van der Waals surface area contributed by atoms with E-state index in [1.54, 1.807) is 42.5 Å². The highest BCUT2D eigenvalue weighted by Gasteiger charge is 2.42. The number of hydrogen-bond acceptors (Lipinski definition) is 20. The Kier molecular flexibility index (Phi) is 30.1. The fourth-order valence-electron chi connectivity index (χ4n) is 10.5. The molecule has 2 fully saturated rings. The van der Waals surface area contributed by atoms with Gasteiger partial charge in [0, 0.05) is 143 Å². The van der Waals surface area contributed by atoms with Crippen LogP contribution in [0.2, 0.25) is 0 Å². The van der Waals surface area contributed by atoms with Crippen molar-refractivity contribution in [2.45, 2.75) is 128 Å². The normalized spacial score (nSPS) is 18.4. The number of nitrogens with two attached hydrogens (primary N) is 2. The van der Waals surface area contributed by atoms with Crippen molar-refractivity contribution in [3.63, 3.8) is 0 Å². The van der Waals surface area contributed by atoms with Gasteiger partial charge in [-0.25, -0.2) is 15.6 Å². The van der Waals surface area contributed by atoms with Gasteiger partial charge in [-0.15, -0.1) is 0 Å². The van der Waals surface area contributed by atoms with Crippen molar-refractivity contribution in [3.05, 3.63) is 84.3 Å². The third kappa shape index (κ3) is 25.1. The van der Waals surface area contributed by atoms with E-state index in [4.69, 9.17) is 49.7 Å². The van der Waals surface area contributed by atoms with Gasteiger partial charge in [0.2, 0.25) is 29.6 Å². The molecule has 3 aromatic rings. The van der Waals surface area contributed by atoms with Crippen molar-refractivity contribution >= 4 is 70.3 Å². The zero-order valence-electron chi connectivity index (χ0n) is 53.8. The predicted molar refractivity (Wildman–Crippen MR) is 349 cm³/mol. The number of carbonyl (C=O) groups excluding carboxylic acids is 5. The number of nitrogens with zero attached hydrogens (tertiary/aromatic N) is 4. The van der Waals surface area contributed by atoms with Crippen LogP contribution in [0.25, 0.3) is 0 Å². The summed E-state index contributed by atoms with van der Waals surface area (Å²) in [7, 11) is 3.12. The lowest BCUT2D eigenvalue weighted by Crippen LogP contribution is -2.51. The molecule has 0 radical (unpaired) electrons. The highest BCUT2D eigenvalue weighted by atomic mass is 32.2. The second-order valence-electron chi connectivity index (χ2n) is 24.4. The van der Waals surface area contributed by atoms with Crippen molar-refractivity contribution in [1.29, 1.82) is 0 Å². The highest BCUT2D eigenvalue weighted by molar-refractivity contribution is 8.00. The summed E-state index contributed by atoms with van der Waals surface area (Å²) in [6.07, 6.45) is 7.50. The average molecular weight is 1270 g/mol. The van der Waals surface area contributed by atoms with Crippen LogP contribution < -0.4 is 53.5 Å². The second kappa shape index (κ2) is 37.5. The molecule has 3 aliphatic heterocycles. The second-order valence-corrected chi connectivity index (χ2v) is 25.7. The number of fused-ring (bicyclic) bond motifs is 1. The molecule has 90 heavy (non-hydrogen) atoms. The molecule has 6 rings (SSSR count). The standard InChI is InChI=1S/C64H99N13O12S/c1-9-53(78)70-45-17-12-18-46(35-45)71-60-44(2)37-69-61(75-60)72-47-19-13-20-48(36-47)89-43-64(5,6)42-88-41-63(3,4)40-77(66)50-25-28-76(38-51(83-7)59(84-8)57(50)65)56(81)24-14-23-55(80)68-27-16-30-86-32-34-87-33-31-85-29-15-26-67-54(79)22-11-10-21-52-58-49(39-90-52)73-62(82)74-58/h9,12-13,17-20,35-37,49,51-52,58-59H,1,10-11,14-16,21-34,38-43,65-66H2,2-8H3,(H,67,79)(H,68,80)(H,70,78)(H2,73,74,82)(H2,69,71,72,75)/t49-,51-,52-,58-,59+/m0/s1. The number of amides is 6. The van der Waals surface area contributed by atoms with E-state index in [0.29, 0.717) is 151 Å². The Balaban J connectivity index is 0.804. The monoisotopic (exact) mass is 1270 g/mol. The van der Waals surface area contributed by atoms with Crippen LogP contribution in [0.1, 0.15) is 97.5 Å². The predicted octanol–water partition coefficient (Wildman–Crippen LogP) is 6.41. The lowest BCUT2D eigenvalue weighted by molar-refractivity contribution is -0.135.